The topological polar surface area (TPSA) is 49.6 Å². The summed E-state index contributed by atoms with van der Waals surface area (Å²) in [6.07, 6.45) is 0. The molecule has 0 saturated carbocycles. The Bertz CT molecular complexity index is 768. The van der Waals surface area contributed by atoms with E-state index in [0.29, 0.717) is 48.1 Å². The molecule has 140 valence electrons. The minimum Gasteiger partial charge on any atom is -0.361 e. The minimum atomic E-state index is -0.178. The maximum Gasteiger partial charge on any atom is 0.259 e. The van der Waals surface area contributed by atoms with Gasteiger partial charge in [-0.25, -0.2) is 4.39 Å². The molecule has 5 nitrogen and oxygen atoms in total. The normalized spacial score (nSPS) is 18.5. The molecular weight excluding hydrogens is 333 g/mol. The van der Waals surface area contributed by atoms with Crippen LogP contribution in [0.5, 0.6) is 0 Å². The Morgan fingerprint density at radius 2 is 2.04 bits per heavy atom. The van der Waals surface area contributed by atoms with Crippen molar-refractivity contribution in [3.63, 3.8) is 0 Å². The molecule has 6 heteroatoms. The van der Waals surface area contributed by atoms with Crippen LogP contribution in [0.1, 0.15) is 41.2 Å². The lowest BCUT2D eigenvalue weighted by Gasteiger charge is -2.43. The average Bonchev–Trinajstić information content (AvgIpc) is 2.95. The molecule has 0 unspecified atom stereocenters. The average molecular weight is 359 g/mol. The van der Waals surface area contributed by atoms with Gasteiger partial charge in [-0.1, -0.05) is 37.2 Å². The fraction of sp³-hybridized carbons (Fsp3) is 0.500. The van der Waals surface area contributed by atoms with Crippen LogP contribution in [0.2, 0.25) is 0 Å². The second-order valence-corrected chi connectivity index (χ2v) is 7.34. The molecule has 1 atom stereocenters. The number of nitrogens with zero attached hydrogens (tertiary/aromatic N) is 3. The number of carbonyl (C=O) groups is 1. The number of hydrogen-bond donors (Lipinski definition) is 0. The third-order valence-electron chi connectivity index (χ3n) is 5.13. The number of benzene rings is 1. The van der Waals surface area contributed by atoms with Crippen LogP contribution in [-0.4, -0.2) is 46.5 Å². The van der Waals surface area contributed by atoms with Crippen molar-refractivity contribution < 1.29 is 13.7 Å². The fourth-order valence-electron chi connectivity index (χ4n) is 3.64. The largest absolute Gasteiger partial charge is 0.361 e. The van der Waals surface area contributed by atoms with Crippen molar-refractivity contribution in [1.82, 2.24) is 15.0 Å². The Morgan fingerprint density at radius 1 is 1.31 bits per heavy atom. The maximum atomic E-state index is 14.0. The summed E-state index contributed by atoms with van der Waals surface area (Å²) in [7, 11) is 0. The van der Waals surface area contributed by atoms with Gasteiger partial charge in [-0.05, 0) is 25.8 Å². The van der Waals surface area contributed by atoms with Gasteiger partial charge in [-0.3, -0.25) is 9.69 Å². The first kappa shape index (κ1) is 18.6. The van der Waals surface area contributed by atoms with Crippen molar-refractivity contribution in [2.24, 2.45) is 5.92 Å². The molecule has 1 aromatic carbocycles. The number of halogens is 1. The van der Waals surface area contributed by atoms with E-state index in [1.165, 1.54) is 6.07 Å². The maximum absolute atomic E-state index is 14.0. The SMILES string of the molecule is Cc1noc(C)c1C(=O)N1CCN(Cc2ccccc2F)C[C@@H]1C(C)C. The highest BCUT2D eigenvalue weighted by atomic mass is 19.1. The molecule has 1 saturated heterocycles. The summed E-state index contributed by atoms with van der Waals surface area (Å²) in [5.74, 6) is 0.653. The Balaban J connectivity index is 1.76. The summed E-state index contributed by atoms with van der Waals surface area (Å²) in [6, 6.07) is 6.94. The van der Waals surface area contributed by atoms with Crippen LogP contribution in [0.3, 0.4) is 0 Å². The highest BCUT2D eigenvalue weighted by molar-refractivity contribution is 5.96. The molecule has 1 aromatic heterocycles. The Morgan fingerprint density at radius 3 is 2.65 bits per heavy atom. The number of carbonyl (C=O) groups excluding carboxylic acids is 1. The molecule has 2 aromatic rings. The van der Waals surface area contributed by atoms with Crippen LogP contribution in [0.25, 0.3) is 0 Å². The summed E-state index contributed by atoms with van der Waals surface area (Å²) in [4.78, 5) is 17.2. The van der Waals surface area contributed by atoms with E-state index in [-0.39, 0.29) is 17.8 Å². The van der Waals surface area contributed by atoms with E-state index < -0.39 is 0 Å². The van der Waals surface area contributed by atoms with Crippen molar-refractivity contribution in [2.75, 3.05) is 19.6 Å². The molecule has 1 aliphatic rings. The van der Waals surface area contributed by atoms with Crippen molar-refractivity contribution in [2.45, 2.75) is 40.3 Å². The van der Waals surface area contributed by atoms with Gasteiger partial charge in [0, 0.05) is 37.8 Å². The smallest absolute Gasteiger partial charge is 0.259 e. The summed E-state index contributed by atoms with van der Waals surface area (Å²) in [6.45, 7) is 10.4. The van der Waals surface area contributed by atoms with Crippen molar-refractivity contribution in [1.29, 1.82) is 0 Å². The first-order valence-corrected chi connectivity index (χ1v) is 9.08. The Hall–Kier alpha value is -2.21. The van der Waals surface area contributed by atoms with E-state index in [2.05, 4.69) is 23.9 Å². The monoisotopic (exact) mass is 359 g/mol. The van der Waals surface area contributed by atoms with Crippen LogP contribution in [0.15, 0.2) is 28.8 Å². The van der Waals surface area contributed by atoms with Gasteiger partial charge in [-0.2, -0.15) is 0 Å². The minimum absolute atomic E-state index is 0.0227. The lowest BCUT2D eigenvalue weighted by molar-refractivity contribution is 0.0324. The standard InChI is InChI=1S/C20H26FN3O2/c1-13(2)18-12-23(11-16-7-5-6-8-17(16)21)9-10-24(18)20(25)19-14(3)22-26-15(19)4/h5-8,13,18H,9-12H2,1-4H3/t18-/m1/s1. The molecule has 1 aliphatic heterocycles. The molecule has 1 amide bonds. The molecule has 3 rings (SSSR count). The van der Waals surface area contributed by atoms with Crippen LogP contribution in [0, 0.1) is 25.6 Å². The van der Waals surface area contributed by atoms with Crippen LogP contribution in [-0.2, 0) is 6.54 Å². The van der Waals surface area contributed by atoms with Gasteiger partial charge in [-0.15, -0.1) is 0 Å². The number of aryl methyl sites for hydroxylation is 2. The molecule has 0 N–H and O–H groups in total. The second kappa shape index (κ2) is 7.58. The summed E-state index contributed by atoms with van der Waals surface area (Å²) >= 11 is 0. The van der Waals surface area contributed by atoms with Crippen molar-refractivity contribution in [3.8, 4) is 0 Å². The number of piperazine rings is 1. The van der Waals surface area contributed by atoms with Gasteiger partial charge >= 0.3 is 0 Å². The Kier molecular flexibility index (Phi) is 5.41. The van der Waals surface area contributed by atoms with E-state index in [1.54, 1.807) is 19.9 Å². The molecule has 0 bridgehead atoms. The van der Waals surface area contributed by atoms with Crippen LogP contribution >= 0.6 is 0 Å². The number of rotatable bonds is 4. The van der Waals surface area contributed by atoms with Gasteiger partial charge < -0.3 is 9.42 Å². The summed E-state index contributed by atoms with van der Waals surface area (Å²) in [5, 5.41) is 3.91. The molecule has 0 aliphatic carbocycles. The lowest BCUT2D eigenvalue weighted by atomic mass is 9.97. The van der Waals surface area contributed by atoms with Gasteiger partial charge in [0.2, 0.25) is 0 Å². The first-order chi connectivity index (χ1) is 12.4. The summed E-state index contributed by atoms with van der Waals surface area (Å²) < 4.78 is 19.1. The van der Waals surface area contributed by atoms with Crippen LogP contribution in [0.4, 0.5) is 4.39 Å². The van der Waals surface area contributed by atoms with E-state index in [9.17, 15) is 9.18 Å². The van der Waals surface area contributed by atoms with Gasteiger partial charge in [0.05, 0.1) is 5.69 Å². The molecule has 0 radical (unpaired) electrons. The quantitative estimate of drug-likeness (QED) is 0.839. The second-order valence-electron chi connectivity index (χ2n) is 7.34. The van der Waals surface area contributed by atoms with Gasteiger partial charge in [0.1, 0.15) is 17.1 Å². The molecule has 2 heterocycles. The fourth-order valence-corrected chi connectivity index (χ4v) is 3.64. The lowest BCUT2D eigenvalue weighted by Crippen LogP contribution is -2.57. The Labute approximate surface area is 153 Å². The van der Waals surface area contributed by atoms with Gasteiger partial charge in [0.25, 0.3) is 5.91 Å². The predicted molar refractivity (Wildman–Crippen MR) is 97.3 cm³/mol. The third-order valence-corrected chi connectivity index (χ3v) is 5.13. The zero-order chi connectivity index (χ0) is 18.8. The highest BCUT2D eigenvalue weighted by Gasteiger charge is 2.35. The molecule has 0 spiro atoms. The number of hydrogen-bond acceptors (Lipinski definition) is 4. The highest BCUT2D eigenvalue weighted by Crippen LogP contribution is 2.24. The van der Waals surface area contributed by atoms with E-state index in [0.717, 1.165) is 6.54 Å². The number of amides is 1. The molecule has 1 fully saturated rings. The summed E-state index contributed by atoms with van der Waals surface area (Å²) in [5.41, 5.74) is 1.89. The third kappa shape index (κ3) is 3.65. The zero-order valence-electron chi connectivity index (χ0n) is 15.8. The zero-order valence-corrected chi connectivity index (χ0v) is 15.8. The van der Waals surface area contributed by atoms with Crippen molar-refractivity contribution in [3.05, 3.63) is 52.7 Å². The van der Waals surface area contributed by atoms with Crippen molar-refractivity contribution >= 4 is 5.91 Å². The molecule has 26 heavy (non-hydrogen) atoms. The van der Waals surface area contributed by atoms with E-state index in [1.807, 2.05) is 17.0 Å². The molecular formula is C20H26FN3O2. The first-order valence-electron chi connectivity index (χ1n) is 9.08. The van der Waals surface area contributed by atoms with E-state index >= 15 is 0 Å². The van der Waals surface area contributed by atoms with Crippen LogP contribution < -0.4 is 0 Å². The number of aromatic nitrogens is 1. The van der Waals surface area contributed by atoms with E-state index in [4.69, 9.17) is 4.52 Å². The predicted octanol–water partition coefficient (Wildman–Crippen LogP) is 3.41. The van der Waals surface area contributed by atoms with Gasteiger partial charge in [0.15, 0.2) is 0 Å².